The zero-order chi connectivity index (χ0) is 54.8. The van der Waals surface area contributed by atoms with Gasteiger partial charge in [-0.05, 0) is 81.1 Å². The fourth-order valence-corrected chi connectivity index (χ4v) is 8.28. The molecule has 3 heterocycles. The van der Waals surface area contributed by atoms with Crippen LogP contribution in [0.25, 0.3) is 49.9 Å². The summed E-state index contributed by atoms with van der Waals surface area (Å²) in [5.74, 6) is 0.360. The number of anilines is 4. The number of aromatic nitrogens is 2. The van der Waals surface area contributed by atoms with Gasteiger partial charge in [0.15, 0.2) is 0 Å². The molecule has 0 aliphatic carbocycles. The van der Waals surface area contributed by atoms with Gasteiger partial charge in [-0.15, -0.1) is 48.1 Å². The monoisotopic (exact) mass is 1050 g/mol. The second-order valence-corrected chi connectivity index (χ2v) is 19.5. The maximum absolute atomic E-state index is 9.40. The Balaban J connectivity index is 0.00000722. The molecule has 0 atom stereocenters. The van der Waals surface area contributed by atoms with Crippen LogP contribution in [-0.4, -0.2) is 9.55 Å². The van der Waals surface area contributed by atoms with E-state index in [1.165, 1.54) is 0 Å². The van der Waals surface area contributed by atoms with Gasteiger partial charge in [0.05, 0.1) is 12.3 Å². The number of rotatable bonds is 7. The summed E-state index contributed by atoms with van der Waals surface area (Å²) in [6, 6.07) is 31.2. The van der Waals surface area contributed by atoms with Crippen LogP contribution in [0.15, 0.2) is 164 Å². The fraction of sp³-hybridized carbons (Fsp3) is 0.200. The number of ether oxygens (including phenoxy) is 1. The smallest absolute Gasteiger partial charge is 0.135 e. The molecule has 2 aromatic heterocycles. The van der Waals surface area contributed by atoms with Crippen molar-refractivity contribution in [3.05, 3.63) is 199 Å². The zero-order valence-electron chi connectivity index (χ0n) is 49.3. The first-order valence-electron chi connectivity index (χ1n) is 27.2. The normalized spacial score (nSPS) is 15.3. The number of hydrogen-bond donors (Lipinski definition) is 0. The number of hydrogen-bond acceptors (Lipinski definition) is 4. The Morgan fingerprint density at radius 3 is 1.89 bits per heavy atom. The predicted octanol–water partition coefficient (Wildman–Crippen LogP) is 16.2. The van der Waals surface area contributed by atoms with Crippen LogP contribution in [0, 0.1) is 18.8 Å². The van der Waals surface area contributed by atoms with Crippen LogP contribution in [0.5, 0.6) is 11.5 Å². The number of fused-ring (bicyclic) bond motifs is 4. The molecule has 0 amide bonds. The second kappa shape index (κ2) is 17.1. The van der Waals surface area contributed by atoms with Crippen LogP contribution in [-0.2, 0) is 37.3 Å². The first kappa shape index (κ1) is 33.1. The minimum Gasteiger partial charge on any atom is -0.509 e. The maximum atomic E-state index is 9.40. The van der Waals surface area contributed by atoms with E-state index in [-0.39, 0.29) is 112 Å². The molecule has 334 valence electrons. The largest absolute Gasteiger partial charge is 0.509 e. The molecule has 0 fully saturated rings. The van der Waals surface area contributed by atoms with Crippen LogP contribution < -0.4 is 14.5 Å². The first-order chi connectivity index (χ1) is 35.7. The quantitative estimate of drug-likeness (QED) is 0.149. The molecular weight excluding hydrogens is 988 g/mol. The zero-order valence-corrected chi connectivity index (χ0v) is 40.6. The Hall–Kier alpha value is -6.42. The Morgan fingerprint density at radius 1 is 0.561 bits per heavy atom. The Bertz CT molecular complexity index is 3830. The van der Waals surface area contributed by atoms with Crippen molar-refractivity contribution in [2.75, 3.05) is 9.80 Å². The molecule has 6 heteroatoms. The van der Waals surface area contributed by atoms with Gasteiger partial charge in [0.2, 0.25) is 0 Å². The van der Waals surface area contributed by atoms with Crippen LogP contribution >= 0.6 is 0 Å². The Morgan fingerprint density at radius 2 is 1.20 bits per heavy atom. The van der Waals surface area contributed by atoms with Gasteiger partial charge >= 0.3 is 0 Å². The van der Waals surface area contributed by atoms with Crippen molar-refractivity contribution in [2.24, 2.45) is 0 Å². The molecule has 5 nitrogen and oxygen atoms in total. The molecule has 1 aliphatic heterocycles. The number of pyridine rings is 1. The van der Waals surface area contributed by atoms with E-state index >= 15 is 0 Å². The summed E-state index contributed by atoms with van der Waals surface area (Å²) in [7, 11) is 0. The van der Waals surface area contributed by atoms with Gasteiger partial charge in [-0.1, -0.05) is 165 Å². The average molecular weight is 1050 g/mol. The molecule has 9 aromatic rings. The van der Waals surface area contributed by atoms with Crippen molar-refractivity contribution in [3.8, 4) is 39.6 Å². The van der Waals surface area contributed by atoms with E-state index in [1.54, 1.807) is 29.0 Å². The van der Waals surface area contributed by atoms with Crippen molar-refractivity contribution >= 4 is 44.6 Å². The third-order valence-electron chi connectivity index (χ3n) is 11.9. The predicted molar refractivity (Wildman–Crippen MR) is 271 cm³/mol. The standard InChI is InChI=1S/C60H55N4O.Pt/c1-58(2,3)42-31-32-61-56(36-42)64-52-26-14-13-23-50(52)51-30-29-47(38-55(51)64)65-46-22-17-21-45(37-46)62-39-63(54-28-16-15-27-53(54)62)57-48(40-19-11-10-12-20-40)24-18-25-49(57)41-33-43(59(4,5)6)35-44(34-41)60(7,8)9;/h10-36,39H,1-9H3;/q-3;/i10D,11D,12D,13D,14D,19D,20D,23D,26D,29D,30D;. The van der Waals surface area contributed by atoms with E-state index in [1.807, 2.05) is 91.8 Å². The van der Waals surface area contributed by atoms with Gasteiger partial charge in [0.1, 0.15) is 5.82 Å². The van der Waals surface area contributed by atoms with Gasteiger partial charge in [0.25, 0.3) is 0 Å². The molecule has 0 saturated heterocycles. The molecule has 0 radical (unpaired) electrons. The molecule has 66 heavy (non-hydrogen) atoms. The fourth-order valence-electron chi connectivity index (χ4n) is 8.28. The molecule has 0 bridgehead atoms. The van der Waals surface area contributed by atoms with E-state index in [4.69, 9.17) is 14.3 Å². The third-order valence-corrected chi connectivity index (χ3v) is 11.9. The van der Waals surface area contributed by atoms with Gasteiger partial charge in [-0.2, -0.15) is 12.1 Å². The number of nitrogens with zero attached hydrogens (tertiary/aromatic N) is 4. The van der Waals surface area contributed by atoms with Crippen molar-refractivity contribution < 1.29 is 40.9 Å². The minimum atomic E-state index is -0.486. The summed E-state index contributed by atoms with van der Waals surface area (Å²) in [6.07, 6.45) is 1.63. The summed E-state index contributed by atoms with van der Waals surface area (Å²) in [6.45, 7) is 21.0. The van der Waals surface area contributed by atoms with Crippen LogP contribution in [0.3, 0.4) is 0 Å². The van der Waals surface area contributed by atoms with Gasteiger partial charge in [-0.25, -0.2) is 4.98 Å². The number of para-hydroxylation sites is 4. The summed E-state index contributed by atoms with van der Waals surface area (Å²) >= 11 is 0. The van der Waals surface area contributed by atoms with E-state index < -0.39 is 30.2 Å². The van der Waals surface area contributed by atoms with E-state index in [2.05, 4.69) is 76.9 Å². The van der Waals surface area contributed by atoms with Crippen molar-refractivity contribution in [1.29, 1.82) is 0 Å². The molecule has 10 rings (SSSR count). The Kier molecular flexibility index (Phi) is 8.58. The molecule has 0 spiro atoms. The Labute approximate surface area is 420 Å². The number of benzene rings is 7. The van der Waals surface area contributed by atoms with Crippen molar-refractivity contribution in [3.63, 3.8) is 0 Å². The molecule has 7 aromatic carbocycles. The average Bonchev–Trinajstić information content (AvgIpc) is 4.05. The van der Waals surface area contributed by atoms with E-state index in [0.717, 1.165) is 39.2 Å². The molecule has 0 saturated carbocycles. The summed E-state index contributed by atoms with van der Waals surface area (Å²) in [5, 5.41) is 0.172. The molecule has 0 unspecified atom stereocenters. The van der Waals surface area contributed by atoms with Crippen molar-refractivity contribution in [2.45, 2.75) is 78.6 Å². The third kappa shape index (κ3) is 8.35. The SMILES string of the molecule is [2H]c1c([2H])c([2H])c(-c2cccc(-c3cc(C(C)(C)C)cc(C(C)(C)C)c3)c2N2[CH-]N(c3[c-]c(Oc4[c-]c5c(c([2H])c4[2H])c4c([2H])c([2H])c([2H])c([2H])c4n5-c4cc(C(C)(C)C)ccn4)ccc3)c3ccccc32)c([2H])c1[2H].[Pt]. The minimum absolute atomic E-state index is 0. The van der Waals surface area contributed by atoms with Gasteiger partial charge in [-0.3, -0.25) is 0 Å². The summed E-state index contributed by atoms with van der Waals surface area (Å²) in [4.78, 5) is 8.55. The summed E-state index contributed by atoms with van der Waals surface area (Å²) < 4.78 is 106. The van der Waals surface area contributed by atoms with E-state index in [0.29, 0.717) is 22.8 Å². The van der Waals surface area contributed by atoms with Crippen LogP contribution in [0.2, 0.25) is 0 Å². The second-order valence-electron chi connectivity index (χ2n) is 19.5. The van der Waals surface area contributed by atoms with Crippen LogP contribution in [0.1, 0.15) is 94.1 Å². The van der Waals surface area contributed by atoms with Gasteiger partial charge < -0.3 is 19.1 Å². The van der Waals surface area contributed by atoms with E-state index in [9.17, 15) is 5.48 Å². The molecule has 0 N–H and O–H groups in total. The van der Waals surface area contributed by atoms with Crippen LogP contribution in [0.4, 0.5) is 22.7 Å². The summed E-state index contributed by atoms with van der Waals surface area (Å²) in [5.41, 5.74) is 7.31. The topological polar surface area (TPSA) is 33.5 Å². The molecular formula is C60H55N4OPt-3. The van der Waals surface area contributed by atoms with Gasteiger partial charge in [0, 0.05) is 73.8 Å². The van der Waals surface area contributed by atoms with Crippen molar-refractivity contribution in [1.82, 2.24) is 9.55 Å². The molecule has 1 aliphatic rings. The maximum Gasteiger partial charge on any atom is 0.135 e. The first-order valence-corrected chi connectivity index (χ1v) is 21.7.